The van der Waals surface area contributed by atoms with E-state index in [1.54, 1.807) is 18.3 Å². The van der Waals surface area contributed by atoms with E-state index in [-0.39, 0.29) is 12.1 Å². The molecule has 2 rings (SSSR count). The zero-order valence-corrected chi connectivity index (χ0v) is 12.1. The maximum Gasteiger partial charge on any atom is 0.315 e. The predicted octanol–water partition coefficient (Wildman–Crippen LogP) is 3.15. The second-order valence-electron chi connectivity index (χ2n) is 4.58. The van der Waals surface area contributed by atoms with Crippen molar-refractivity contribution in [2.45, 2.75) is 26.4 Å². The molecule has 1 atom stereocenters. The standard InChI is InChI=1S/C14H16FN3OS/c1-9-3-13(20-8-9)7-17-14(19)18-10(2)11-4-12(15)6-16-5-11/h3-6,8,10H,7H2,1-2H3,(H2,17,18,19)/t10-/m0/s1. The van der Waals surface area contributed by atoms with Crippen LogP contribution in [0.4, 0.5) is 9.18 Å². The normalized spacial score (nSPS) is 11.9. The number of carbonyl (C=O) groups excluding carboxylic acids is 1. The highest BCUT2D eigenvalue weighted by Crippen LogP contribution is 2.14. The van der Waals surface area contributed by atoms with Crippen molar-refractivity contribution in [1.82, 2.24) is 15.6 Å². The number of rotatable bonds is 4. The van der Waals surface area contributed by atoms with E-state index in [2.05, 4.69) is 15.6 Å². The molecule has 0 radical (unpaired) electrons. The van der Waals surface area contributed by atoms with E-state index in [1.165, 1.54) is 17.8 Å². The van der Waals surface area contributed by atoms with Crippen LogP contribution in [0.15, 0.2) is 29.9 Å². The molecule has 2 amide bonds. The molecule has 0 aliphatic rings. The van der Waals surface area contributed by atoms with E-state index in [9.17, 15) is 9.18 Å². The van der Waals surface area contributed by atoms with Crippen molar-refractivity contribution >= 4 is 17.4 Å². The second-order valence-corrected chi connectivity index (χ2v) is 5.57. The molecule has 0 saturated heterocycles. The summed E-state index contributed by atoms with van der Waals surface area (Å²) in [4.78, 5) is 16.6. The minimum atomic E-state index is -0.411. The second kappa shape index (κ2) is 6.47. The number of hydrogen-bond acceptors (Lipinski definition) is 3. The number of hydrogen-bond donors (Lipinski definition) is 2. The third-order valence-electron chi connectivity index (χ3n) is 2.78. The highest BCUT2D eigenvalue weighted by atomic mass is 32.1. The molecular weight excluding hydrogens is 277 g/mol. The Hall–Kier alpha value is -1.95. The first kappa shape index (κ1) is 14.5. The third kappa shape index (κ3) is 4.03. The van der Waals surface area contributed by atoms with Gasteiger partial charge < -0.3 is 10.6 Å². The lowest BCUT2D eigenvalue weighted by atomic mass is 10.1. The van der Waals surface area contributed by atoms with E-state index in [4.69, 9.17) is 0 Å². The summed E-state index contributed by atoms with van der Waals surface area (Å²) in [5.74, 6) is -0.411. The summed E-state index contributed by atoms with van der Waals surface area (Å²) in [7, 11) is 0. The van der Waals surface area contributed by atoms with Crippen molar-refractivity contribution in [2.75, 3.05) is 0 Å². The van der Waals surface area contributed by atoms with Crippen molar-refractivity contribution in [2.24, 2.45) is 0 Å². The molecule has 2 aromatic heterocycles. The Morgan fingerprint density at radius 2 is 2.25 bits per heavy atom. The van der Waals surface area contributed by atoms with E-state index < -0.39 is 5.82 Å². The van der Waals surface area contributed by atoms with E-state index in [0.29, 0.717) is 12.1 Å². The van der Waals surface area contributed by atoms with Gasteiger partial charge in [-0.2, -0.15) is 0 Å². The van der Waals surface area contributed by atoms with Crippen molar-refractivity contribution < 1.29 is 9.18 Å². The van der Waals surface area contributed by atoms with Gasteiger partial charge in [0.15, 0.2) is 0 Å². The van der Waals surface area contributed by atoms with Gasteiger partial charge in [-0.15, -0.1) is 11.3 Å². The van der Waals surface area contributed by atoms with Crippen molar-refractivity contribution in [3.05, 3.63) is 51.7 Å². The van der Waals surface area contributed by atoms with Crippen LogP contribution in [0.2, 0.25) is 0 Å². The summed E-state index contributed by atoms with van der Waals surface area (Å²) in [6, 6.07) is 2.81. The molecule has 20 heavy (non-hydrogen) atoms. The number of nitrogens with one attached hydrogen (secondary N) is 2. The quantitative estimate of drug-likeness (QED) is 0.910. The minimum absolute atomic E-state index is 0.284. The monoisotopic (exact) mass is 293 g/mol. The number of halogens is 1. The van der Waals surface area contributed by atoms with Gasteiger partial charge in [-0.1, -0.05) is 0 Å². The Bertz CT molecular complexity index is 600. The van der Waals surface area contributed by atoms with Gasteiger partial charge in [0.1, 0.15) is 5.82 Å². The smallest absolute Gasteiger partial charge is 0.315 e. The first-order valence-corrected chi connectivity index (χ1v) is 7.11. The highest BCUT2D eigenvalue weighted by molar-refractivity contribution is 7.10. The molecule has 0 bridgehead atoms. The molecule has 2 N–H and O–H groups in total. The van der Waals surface area contributed by atoms with Crippen LogP contribution >= 0.6 is 11.3 Å². The van der Waals surface area contributed by atoms with Crippen molar-refractivity contribution in [3.63, 3.8) is 0 Å². The molecule has 0 aromatic carbocycles. The lowest BCUT2D eigenvalue weighted by molar-refractivity contribution is 0.237. The Morgan fingerprint density at radius 3 is 2.90 bits per heavy atom. The van der Waals surface area contributed by atoms with Crippen LogP contribution in [-0.2, 0) is 6.54 Å². The van der Waals surface area contributed by atoms with Gasteiger partial charge in [-0.3, -0.25) is 4.98 Å². The van der Waals surface area contributed by atoms with Gasteiger partial charge in [0.25, 0.3) is 0 Å². The highest BCUT2D eigenvalue weighted by Gasteiger charge is 2.10. The van der Waals surface area contributed by atoms with Crippen LogP contribution in [0, 0.1) is 12.7 Å². The van der Waals surface area contributed by atoms with Crippen LogP contribution in [0.25, 0.3) is 0 Å². The number of urea groups is 1. The topological polar surface area (TPSA) is 54.0 Å². The molecule has 6 heteroatoms. The van der Waals surface area contributed by atoms with Crippen LogP contribution in [-0.4, -0.2) is 11.0 Å². The zero-order chi connectivity index (χ0) is 14.5. The average molecular weight is 293 g/mol. The van der Waals surface area contributed by atoms with E-state index in [0.717, 1.165) is 11.1 Å². The Labute approximate surface area is 121 Å². The first-order chi connectivity index (χ1) is 9.54. The molecule has 0 fully saturated rings. The fourth-order valence-corrected chi connectivity index (χ4v) is 2.56. The number of nitrogens with zero attached hydrogens (tertiary/aromatic N) is 1. The van der Waals surface area contributed by atoms with Crippen molar-refractivity contribution in [1.29, 1.82) is 0 Å². The summed E-state index contributed by atoms with van der Waals surface area (Å²) in [5.41, 5.74) is 1.82. The van der Waals surface area contributed by atoms with Crippen LogP contribution in [0.5, 0.6) is 0 Å². The number of pyridine rings is 1. The van der Waals surface area contributed by atoms with Gasteiger partial charge in [0, 0.05) is 11.1 Å². The number of carbonyl (C=O) groups is 1. The van der Waals surface area contributed by atoms with Crippen LogP contribution in [0.3, 0.4) is 0 Å². The van der Waals surface area contributed by atoms with Crippen LogP contribution in [0.1, 0.15) is 29.0 Å². The molecule has 4 nitrogen and oxygen atoms in total. The van der Waals surface area contributed by atoms with Crippen molar-refractivity contribution in [3.8, 4) is 0 Å². The number of thiophene rings is 1. The molecule has 2 aromatic rings. The fourth-order valence-electron chi connectivity index (χ4n) is 1.75. The minimum Gasteiger partial charge on any atom is -0.333 e. The lowest BCUT2D eigenvalue weighted by Crippen LogP contribution is -2.36. The maximum absolute atomic E-state index is 13.0. The summed E-state index contributed by atoms with van der Waals surface area (Å²) in [6.07, 6.45) is 2.67. The first-order valence-electron chi connectivity index (χ1n) is 6.23. The fraction of sp³-hybridized carbons (Fsp3) is 0.286. The Balaban J connectivity index is 1.85. The van der Waals surface area contributed by atoms with E-state index >= 15 is 0 Å². The molecule has 0 spiro atoms. The van der Waals surface area contributed by atoms with Gasteiger partial charge in [-0.25, -0.2) is 9.18 Å². The summed E-state index contributed by atoms with van der Waals surface area (Å²) in [6.45, 7) is 4.28. The average Bonchev–Trinajstić information content (AvgIpc) is 2.82. The van der Waals surface area contributed by atoms with Crippen LogP contribution < -0.4 is 10.6 Å². The molecule has 2 heterocycles. The molecule has 0 saturated carbocycles. The third-order valence-corrected chi connectivity index (χ3v) is 3.84. The largest absolute Gasteiger partial charge is 0.333 e. The SMILES string of the molecule is Cc1csc(CNC(=O)N[C@@H](C)c2cncc(F)c2)c1. The van der Waals surface area contributed by atoms with E-state index in [1.807, 2.05) is 18.4 Å². The number of amides is 2. The van der Waals surface area contributed by atoms with Gasteiger partial charge >= 0.3 is 6.03 Å². The zero-order valence-electron chi connectivity index (χ0n) is 11.3. The lowest BCUT2D eigenvalue weighted by Gasteiger charge is -2.14. The molecule has 0 unspecified atom stereocenters. The Morgan fingerprint density at radius 1 is 1.45 bits per heavy atom. The Kier molecular flexibility index (Phi) is 4.68. The number of aromatic nitrogens is 1. The number of aryl methyl sites for hydroxylation is 1. The molecule has 106 valence electrons. The summed E-state index contributed by atoms with van der Waals surface area (Å²) in [5, 5.41) is 7.56. The van der Waals surface area contributed by atoms with Gasteiger partial charge in [0.05, 0.1) is 18.8 Å². The molecule has 0 aliphatic carbocycles. The summed E-state index contributed by atoms with van der Waals surface area (Å²) < 4.78 is 13.0. The summed E-state index contributed by atoms with van der Waals surface area (Å²) >= 11 is 1.61. The predicted molar refractivity (Wildman–Crippen MR) is 77.0 cm³/mol. The molecule has 0 aliphatic heterocycles. The molecular formula is C14H16FN3OS. The van der Waals surface area contributed by atoms with Gasteiger partial charge in [0.2, 0.25) is 0 Å². The van der Waals surface area contributed by atoms with Gasteiger partial charge in [-0.05, 0) is 42.5 Å². The maximum atomic E-state index is 13.0.